The van der Waals surface area contributed by atoms with E-state index in [0.717, 1.165) is 15.1 Å². The third-order valence-electron chi connectivity index (χ3n) is 5.28. The molecule has 5 aliphatic heterocycles. The average Bonchev–Trinajstić information content (AvgIpc) is 2.98. The van der Waals surface area contributed by atoms with E-state index in [1.807, 2.05) is 0 Å². The highest BCUT2D eigenvalue weighted by Crippen LogP contribution is 2.67. The lowest BCUT2D eigenvalue weighted by atomic mass is 9.92. The van der Waals surface area contributed by atoms with E-state index >= 15 is 4.39 Å². The summed E-state index contributed by atoms with van der Waals surface area (Å²) in [6, 6.07) is 6.30. The number of hydrogen-bond donors (Lipinski definition) is 1. The predicted molar refractivity (Wildman–Crippen MR) is 91.7 cm³/mol. The second-order valence-electron chi connectivity index (χ2n) is 6.45. The Labute approximate surface area is 152 Å². The molecule has 0 N–H and O–H groups in total. The number of amides is 2. The van der Waals surface area contributed by atoms with Gasteiger partial charge in [-0.05, 0) is 6.07 Å². The van der Waals surface area contributed by atoms with Gasteiger partial charge in [0.2, 0.25) is 10.9 Å². The zero-order chi connectivity index (χ0) is 17.7. The maximum absolute atomic E-state index is 16.2. The summed E-state index contributed by atoms with van der Waals surface area (Å²) >= 11 is 0. The first-order chi connectivity index (χ1) is 11.8. The SMILES string of the molecule is CN1C(=O)[C@@]23C[C@]4(F)c5ccccc5N([SH](=O)=O)[C@@H]4N2C(=O)[C@@H]1SS3. The van der Waals surface area contributed by atoms with Crippen LogP contribution in [0.15, 0.2) is 24.3 Å². The van der Waals surface area contributed by atoms with Crippen LogP contribution in [-0.2, 0) is 26.1 Å². The van der Waals surface area contributed by atoms with Gasteiger partial charge in [0.1, 0.15) is 0 Å². The van der Waals surface area contributed by atoms with Gasteiger partial charge >= 0.3 is 0 Å². The minimum atomic E-state index is -3.18. The first-order valence-corrected chi connectivity index (χ1v) is 10.8. The van der Waals surface area contributed by atoms with E-state index in [1.165, 1.54) is 39.8 Å². The molecule has 1 spiro atoms. The number of rotatable bonds is 1. The molecular formula is C14H12FN3O4S3. The van der Waals surface area contributed by atoms with Gasteiger partial charge in [0.05, 0.1) is 5.69 Å². The van der Waals surface area contributed by atoms with Crippen molar-refractivity contribution in [3.05, 3.63) is 29.8 Å². The number of hydrogen-bond acceptors (Lipinski definition) is 6. The quantitative estimate of drug-likeness (QED) is 0.550. The topological polar surface area (TPSA) is 78.0 Å². The van der Waals surface area contributed by atoms with Gasteiger partial charge in [-0.25, -0.2) is 17.1 Å². The highest BCUT2D eigenvalue weighted by molar-refractivity contribution is 8.78. The summed E-state index contributed by atoms with van der Waals surface area (Å²) in [5, 5.41) is -0.767. The van der Waals surface area contributed by atoms with Crippen LogP contribution in [0.1, 0.15) is 12.0 Å². The van der Waals surface area contributed by atoms with E-state index < -0.39 is 38.9 Å². The lowest BCUT2D eigenvalue weighted by molar-refractivity contribution is -0.158. The van der Waals surface area contributed by atoms with Crippen LogP contribution in [-0.4, -0.2) is 53.5 Å². The van der Waals surface area contributed by atoms with Crippen molar-refractivity contribution in [2.45, 2.75) is 28.5 Å². The molecule has 2 amide bonds. The molecule has 0 aromatic heterocycles. The Hall–Kier alpha value is -1.46. The normalized spacial score (nSPS) is 38.4. The number of halogens is 1. The number of para-hydroxylation sites is 1. The smallest absolute Gasteiger partial charge is 0.261 e. The van der Waals surface area contributed by atoms with E-state index in [-0.39, 0.29) is 23.6 Å². The fraction of sp³-hybridized carbons (Fsp3) is 0.429. The molecule has 25 heavy (non-hydrogen) atoms. The standard InChI is InChI=1S/C14H12FN3O4S3/c1-16-10-9(19)17-11-13(15,6-14(17,12(16)20)24-23-10)7-4-2-3-5-8(7)18(11)25(21)22/h2-5,10-11,25H,6H2,1H3/t10-,11-,13-,14-/m0/s1. The summed E-state index contributed by atoms with van der Waals surface area (Å²) in [7, 11) is 0.721. The second-order valence-corrected chi connectivity index (χ2v) is 9.92. The highest BCUT2D eigenvalue weighted by Gasteiger charge is 2.77. The van der Waals surface area contributed by atoms with Crippen LogP contribution < -0.4 is 4.31 Å². The number of alkyl halides is 1. The zero-order valence-corrected chi connectivity index (χ0v) is 15.3. The lowest BCUT2D eigenvalue weighted by Gasteiger charge is -2.52. The number of carbonyl (C=O) groups excluding carboxylic acids is 2. The van der Waals surface area contributed by atoms with Crippen molar-refractivity contribution in [2.24, 2.45) is 0 Å². The fourth-order valence-corrected chi connectivity index (χ4v) is 8.54. The van der Waals surface area contributed by atoms with Crippen molar-refractivity contribution in [2.75, 3.05) is 11.4 Å². The number of benzene rings is 1. The van der Waals surface area contributed by atoms with Gasteiger partial charge in [-0.1, -0.05) is 39.8 Å². The minimum Gasteiger partial charge on any atom is -0.322 e. The van der Waals surface area contributed by atoms with Crippen molar-refractivity contribution in [1.82, 2.24) is 9.80 Å². The van der Waals surface area contributed by atoms with E-state index in [2.05, 4.69) is 0 Å². The summed E-state index contributed by atoms with van der Waals surface area (Å²) in [5.41, 5.74) is -1.68. The van der Waals surface area contributed by atoms with E-state index in [4.69, 9.17) is 0 Å². The van der Waals surface area contributed by atoms with E-state index in [1.54, 1.807) is 12.1 Å². The van der Waals surface area contributed by atoms with Crippen LogP contribution in [0.2, 0.25) is 0 Å². The van der Waals surface area contributed by atoms with Gasteiger partial charge in [0.25, 0.3) is 11.8 Å². The number of anilines is 1. The van der Waals surface area contributed by atoms with Crippen LogP contribution in [0.25, 0.3) is 0 Å². The molecule has 1 aromatic carbocycles. The van der Waals surface area contributed by atoms with E-state index in [9.17, 15) is 18.0 Å². The van der Waals surface area contributed by atoms with Crippen LogP contribution in [0, 0.1) is 0 Å². The van der Waals surface area contributed by atoms with Crippen molar-refractivity contribution < 1.29 is 22.4 Å². The van der Waals surface area contributed by atoms with Gasteiger partial charge in [0, 0.05) is 19.0 Å². The molecule has 132 valence electrons. The van der Waals surface area contributed by atoms with Crippen LogP contribution in [0.4, 0.5) is 10.1 Å². The lowest BCUT2D eigenvalue weighted by Crippen LogP contribution is -2.71. The van der Waals surface area contributed by atoms with Gasteiger partial charge in [-0.3, -0.25) is 14.5 Å². The highest BCUT2D eigenvalue weighted by atomic mass is 33.1. The Morgan fingerprint density at radius 1 is 1.28 bits per heavy atom. The molecule has 1 aromatic rings. The molecule has 4 fully saturated rings. The van der Waals surface area contributed by atoms with Gasteiger partial charge in [-0.15, -0.1) is 0 Å². The Bertz CT molecular complexity index is 918. The number of piperazine rings is 1. The maximum Gasteiger partial charge on any atom is 0.261 e. The Morgan fingerprint density at radius 3 is 2.72 bits per heavy atom. The summed E-state index contributed by atoms with van der Waals surface area (Å²) in [6.07, 6.45) is -1.62. The monoisotopic (exact) mass is 401 g/mol. The average molecular weight is 401 g/mol. The Kier molecular flexibility index (Phi) is 2.92. The number of thiol groups is 1. The number of nitrogens with zero attached hydrogens (tertiary/aromatic N) is 3. The summed E-state index contributed by atoms with van der Waals surface area (Å²) < 4.78 is 41.0. The molecule has 6 rings (SSSR count). The van der Waals surface area contributed by atoms with Crippen LogP contribution >= 0.6 is 21.6 Å². The molecule has 2 bridgehead atoms. The van der Waals surface area contributed by atoms with Gasteiger partial charge in [0.15, 0.2) is 22.1 Å². The predicted octanol–water partition coefficient (Wildman–Crippen LogP) is 0.646. The summed E-state index contributed by atoms with van der Waals surface area (Å²) in [5.74, 6) is -0.782. The van der Waals surface area contributed by atoms with Crippen LogP contribution in [0.5, 0.6) is 0 Å². The Balaban J connectivity index is 1.78. The largest absolute Gasteiger partial charge is 0.322 e. The van der Waals surface area contributed by atoms with E-state index in [0.29, 0.717) is 0 Å². The van der Waals surface area contributed by atoms with Crippen LogP contribution in [0.3, 0.4) is 0 Å². The van der Waals surface area contributed by atoms with Gasteiger partial charge in [-0.2, -0.15) is 0 Å². The number of likely N-dealkylation sites (N-methyl/N-ethyl adjacent to an activating group) is 1. The van der Waals surface area contributed by atoms with Gasteiger partial charge < -0.3 is 4.90 Å². The number of fused-ring (bicyclic) bond motifs is 5. The minimum absolute atomic E-state index is 0.209. The molecule has 4 atom stereocenters. The fourth-order valence-electron chi connectivity index (χ4n) is 4.28. The van der Waals surface area contributed by atoms with Crippen molar-refractivity contribution in [3.8, 4) is 0 Å². The molecule has 0 radical (unpaired) electrons. The third-order valence-corrected chi connectivity index (χ3v) is 9.31. The molecule has 4 saturated heterocycles. The molecule has 0 saturated carbocycles. The first-order valence-electron chi connectivity index (χ1n) is 7.50. The summed E-state index contributed by atoms with van der Waals surface area (Å²) in [6.45, 7) is 0. The van der Waals surface area contributed by atoms with Crippen molar-refractivity contribution in [1.29, 1.82) is 0 Å². The van der Waals surface area contributed by atoms with Crippen molar-refractivity contribution in [3.63, 3.8) is 0 Å². The molecule has 11 heteroatoms. The third kappa shape index (κ3) is 1.58. The molecular weight excluding hydrogens is 389 g/mol. The van der Waals surface area contributed by atoms with Crippen molar-refractivity contribution >= 4 is 50.0 Å². The molecule has 5 heterocycles. The Morgan fingerprint density at radius 2 is 2.00 bits per heavy atom. The zero-order valence-electron chi connectivity index (χ0n) is 12.8. The summed E-state index contributed by atoms with van der Waals surface area (Å²) in [4.78, 5) is 26.9. The molecule has 5 aliphatic rings. The molecule has 0 unspecified atom stereocenters. The first kappa shape index (κ1) is 15.8. The molecule has 0 aliphatic carbocycles. The number of carbonyl (C=O) groups is 2. The maximum atomic E-state index is 16.2. The molecule has 7 nitrogen and oxygen atoms in total. The second kappa shape index (κ2) is 4.63.